The maximum absolute atomic E-state index is 11.9. The molecule has 0 atom stereocenters. The molecule has 0 aliphatic carbocycles. The van der Waals surface area contributed by atoms with Crippen LogP contribution in [0.5, 0.6) is 17.2 Å². The number of rotatable bonds is 8. The van der Waals surface area contributed by atoms with E-state index in [1.54, 1.807) is 26.4 Å². The number of ether oxygens (including phenoxy) is 3. The lowest BCUT2D eigenvalue weighted by atomic mass is 10.1. The highest BCUT2D eigenvalue weighted by Gasteiger charge is 2.03. The van der Waals surface area contributed by atoms with E-state index in [4.69, 9.17) is 14.2 Å². The maximum atomic E-state index is 11.9. The van der Waals surface area contributed by atoms with Gasteiger partial charge in [0.15, 0.2) is 11.5 Å². The fourth-order valence-corrected chi connectivity index (χ4v) is 2.48. The van der Waals surface area contributed by atoms with Gasteiger partial charge in [-0.1, -0.05) is 23.8 Å². The van der Waals surface area contributed by atoms with Crippen molar-refractivity contribution in [3.05, 3.63) is 59.2 Å². The summed E-state index contributed by atoms with van der Waals surface area (Å²) >= 11 is 0. The van der Waals surface area contributed by atoms with Gasteiger partial charge in [0.1, 0.15) is 12.4 Å². The van der Waals surface area contributed by atoms with Gasteiger partial charge in [0.2, 0.25) is 5.91 Å². The number of aryl methyl sites for hydroxylation is 2. The summed E-state index contributed by atoms with van der Waals surface area (Å²) in [6.07, 6.45) is 3.21. The van der Waals surface area contributed by atoms with Crippen molar-refractivity contribution in [3.63, 3.8) is 0 Å². The third-order valence-electron chi connectivity index (χ3n) is 3.82. The summed E-state index contributed by atoms with van der Waals surface area (Å²) in [5.74, 6) is 1.93. The Morgan fingerprint density at radius 2 is 1.73 bits per heavy atom. The highest BCUT2D eigenvalue weighted by molar-refractivity contribution is 5.91. The second-order valence-electron chi connectivity index (χ2n) is 5.86. The van der Waals surface area contributed by atoms with Crippen molar-refractivity contribution in [1.29, 1.82) is 0 Å². The third-order valence-corrected chi connectivity index (χ3v) is 3.82. The third kappa shape index (κ3) is 5.55. The van der Waals surface area contributed by atoms with Crippen LogP contribution in [0.15, 0.2) is 42.5 Å². The monoisotopic (exact) mass is 355 g/mol. The summed E-state index contributed by atoms with van der Waals surface area (Å²) in [5, 5.41) is 2.80. The van der Waals surface area contributed by atoms with Crippen LogP contribution in [0.3, 0.4) is 0 Å². The van der Waals surface area contributed by atoms with Crippen molar-refractivity contribution in [1.82, 2.24) is 5.32 Å². The molecule has 26 heavy (non-hydrogen) atoms. The average molecular weight is 355 g/mol. The molecule has 2 aromatic carbocycles. The topological polar surface area (TPSA) is 56.8 Å². The SMILES string of the molecule is COc1ccc(/C=C/C(=O)NCCOc2ccc(C)cc2C)cc1OC. The van der Waals surface area contributed by atoms with E-state index in [9.17, 15) is 4.79 Å². The number of hydrogen-bond acceptors (Lipinski definition) is 4. The van der Waals surface area contributed by atoms with E-state index in [2.05, 4.69) is 11.4 Å². The summed E-state index contributed by atoms with van der Waals surface area (Å²) in [5.41, 5.74) is 3.14. The summed E-state index contributed by atoms with van der Waals surface area (Å²) in [6.45, 7) is 4.90. The molecule has 2 aromatic rings. The Balaban J connectivity index is 1.80. The van der Waals surface area contributed by atoms with E-state index in [1.807, 2.05) is 38.1 Å². The molecule has 0 saturated heterocycles. The number of methoxy groups -OCH3 is 2. The zero-order valence-electron chi connectivity index (χ0n) is 15.7. The normalized spacial score (nSPS) is 10.6. The van der Waals surface area contributed by atoms with Crippen molar-refractivity contribution in [2.24, 2.45) is 0 Å². The Hall–Kier alpha value is -2.95. The lowest BCUT2D eigenvalue weighted by molar-refractivity contribution is -0.116. The van der Waals surface area contributed by atoms with Gasteiger partial charge in [0, 0.05) is 6.08 Å². The molecule has 0 aliphatic heterocycles. The van der Waals surface area contributed by atoms with Gasteiger partial charge in [-0.3, -0.25) is 4.79 Å². The molecule has 0 heterocycles. The molecule has 138 valence electrons. The van der Waals surface area contributed by atoms with Crippen molar-refractivity contribution in [2.75, 3.05) is 27.4 Å². The minimum Gasteiger partial charge on any atom is -0.493 e. The first kappa shape index (κ1) is 19.4. The molecule has 0 saturated carbocycles. The van der Waals surface area contributed by atoms with E-state index >= 15 is 0 Å². The van der Waals surface area contributed by atoms with Gasteiger partial charge in [-0.15, -0.1) is 0 Å². The van der Waals surface area contributed by atoms with Crippen LogP contribution >= 0.6 is 0 Å². The smallest absolute Gasteiger partial charge is 0.244 e. The summed E-state index contributed by atoms with van der Waals surface area (Å²) in [4.78, 5) is 11.9. The quantitative estimate of drug-likeness (QED) is 0.581. The first-order valence-corrected chi connectivity index (χ1v) is 8.41. The first-order chi connectivity index (χ1) is 12.5. The second kappa shape index (κ2) is 9.51. The lowest BCUT2D eigenvalue weighted by Crippen LogP contribution is -2.26. The minimum absolute atomic E-state index is 0.177. The van der Waals surface area contributed by atoms with E-state index in [0.29, 0.717) is 24.7 Å². The average Bonchev–Trinajstić information content (AvgIpc) is 2.64. The molecule has 0 fully saturated rings. The molecule has 5 nitrogen and oxygen atoms in total. The number of carbonyl (C=O) groups is 1. The predicted octanol–water partition coefficient (Wildman–Crippen LogP) is 3.53. The molecule has 2 rings (SSSR count). The molecule has 1 amide bonds. The van der Waals surface area contributed by atoms with E-state index < -0.39 is 0 Å². The molecule has 0 unspecified atom stereocenters. The van der Waals surface area contributed by atoms with Gasteiger partial charge in [0.25, 0.3) is 0 Å². The van der Waals surface area contributed by atoms with Gasteiger partial charge in [0.05, 0.1) is 20.8 Å². The minimum atomic E-state index is -0.177. The number of nitrogens with one attached hydrogen (secondary N) is 1. The number of hydrogen-bond donors (Lipinski definition) is 1. The van der Waals surface area contributed by atoms with Crippen molar-refractivity contribution < 1.29 is 19.0 Å². The van der Waals surface area contributed by atoms with Crippen molar-refractivity contribution in [2.45, 2.75) is 13.8 Å². The van der Waals surface area contributed by atoms with E-state index in [-0.39, 0.29) is 5.91 Å². The van der Waals surface area contributed by atoms with Crippen LogP contribution in [0.25, 0.3) is 6.08 Å². The summed E-state index contributed by atoms with van der Waals surface area (Å²) < 4.78 is 16.1. The molecule has 1 N–H and O–H groups in total. The number of carbonyl (C=O) groups excluding carboxylic acids is 1. The van der Waals surface area contributed by atoms with Crippen LogP contribution in [0.1, 0.15) is 16.7 Å². The zero-order chi connectivity index (χ0) is 18.9. The van der Waals surface area contributed by atoms with Gasteiger partial charge in [-0.05, 0) is 49.2 Å². The van der Waals surface area contributed by atoms with E-state index in [0.717, 1.165) is 16.9 Å². The second-order valence-corrected chi connectivity index (χ2v) is 5.86. The molecule has 5 heteroatoms. The lowest BCUT2D eigenvalue weighted by Gasteiger charge is -2.10. The van der Waals surface area contributed by atoms with Crippen LogP contribution in [-0.2, 0) is 4.79 Å². The van der Waals surface area contributed by atoms with Crippen LogP contribution in [0, 0.1) is 13.8 Å². The Labute approximate surface area is 154 Å². The van der Waals surface area contributed by atoms with Crippen LogP contribution in [-0.4, -0.2) is 33.3 Å². The van der Waals surface area contributed by atoms with Gasteiger partial charge in [-0.2, -0.15) is 0 Å². The Bertz CT molecular complexity index is 784. The highest BCUT2D eigenvalue weighted by Crippen LogP contribution is 2.27. The molecule has 0 aliphatic rings. The molecule has 0 aromatic heterocycles. The van der Waals surface area contributed by atoms with Gasteiger partial charge in [-0.25, -0.2) is 0 Å². The zero-order valence-corrected chi connectivity index (χ0v) is 15.7. The Morgan fingerprint density at radius 1 is 1.00 bits per heavy atom. The number of amides is 1. The summed E-state index contributed by atoms with van der Waals surface area (Å²) in [7, 11) is 3.16. The van der Waals surface area contributed by atoms with Gasteiger partial charge < -0.3 is 19.5 Å². The maximum Gasteiger partial charge on any atom is 0.244 e. The first-order valence-electron chi connectivity index (χ1n) is 8.41. The molecule has 0 radical (unpaired) electrons. The number of benzene rings is 2. The Kier molecular flexibility index (Phi) is 7.09. The fraction of sp³-hybridized carbons (Fsp3) is 0.286. The van der Waals surface area contributed by atoms with Crippen LogP contribution in [0.4, 0.5) is 0 Å². The summed E-state index contributed by atoms with van der Waals surface area (Å²) in [6, 6.07) is 11.5. The molecule has 0 bridgehead atoms. The van der Waals surface area contributed by atoms with Crippen LogP contribution < -0.4 is 19.5 Å². The van der Waals surface area contributed by atoms with Gasteiger partial charge >= 0.3 is 0 Å². The molecule has 0 spiro atoms. The Morgan fingerprint density at radius 3 is 2.42 bits per heavy atom. The van der Waals surface area contributed by atoms with Crippen LogP contribution in [0.2, 0.25) is 0 Å². The van der Waals surface area contributed by atoms with Crippen molar-refractivity contribution in [3.8, 4) is 17.2 Å². The highest BCUT2D eigenvalue weighted by atomic mass is 16.5. The standard InChI is InChI=1S/C21H25NO4/c1-15-5-8-18(16(2)13-15)26-12-11-22-21(23)10-7-17-6-9-19(24-3)20(14-17)25-4/h5-10,13-14H,11-12H2,1-4H3,(H,22,23)/b10-7+. The van der Waals surface area contributed by atoms with Crippen molar-refractivity contribution >= 4 is 12.0 Å². The largest absolute Gasteiger partial charge is 0.493 e. The fourth-order valence-electron chi connectivity index (χ4n) is 2.48. The van der Waals surface area contributed by atoms with E-state index in [1.165, 1.54) is 11.6 Å². The molecular formula is C21H25NO4. The molecular weight excluding hydrogens is 330 g/mol. The predicted molar refractivity (Wildman–Crippen MR) is 103 cm³/mol.